The summed E-state index contributed by atoms with van der Waals surface area (Å²) in [5.41, 5.74) is 3.96. The van der Waals surface area contributed by atoms with Crippen LogP contribution in [0.1, 0.15) is 28.4 Å². The van der Waals surface area contributed by atoms with Gasteiger partial charge in [-0.05, 0) is 18.6 Å². The molecule has 0 fully saturated rings. The number of nitrogens with zero attached hydrogens (tertiary/aromatic N) is 3. The summed E-state index contributed by atoms with van der Waals surface area (Å²) >= 11 is 0. The molecule has 112 valence electrons. The van der Waals surface area contributed by atoms with E-state index in [4.69, 9.17) is 0 Å². The largest absolute Gasteiger partial charge is 0.273 e. The fourth-order valence-corrected chi connectivity index (χ4v) is 1.86. The lowest BCUT2D eigenvalue weighted by Crippen LogP contribution is -2.17. The Morgan fingerprint density at radius 1 is 1.45 bits per heavy atom. The molecule has 1 aromatic carbocycles. The van der Waals surface area contributed by atoms with Crippen LogP contribution in [0.25, 0.3) is 0 Å². The van der Waals surface area contributed by atoms with Crippen molar-refractivity contribution in [3.8, 4) is 0 Å². The Morgan fingerprint density at radius 3 is 2.91 bits per heavy atom. The van der Waals surface area contributed by atoms with Crippen molar-refractivity contribution in [1.82, 2.24) is 10.4 Å². The van der Waals surface area contributed by atoms with Crippen molar-refractivity contribution in [2.75, 3.05) is 0 Å². The number of carbonyl (C=O) groups excluding carboxylic acids is 1. The molecule has 22 heavy (non-hydrogen) atoms. The summed E-state index contributed by atoms with van der Waals surface area (Å²) in [6.45, 7) is 1.85. The number of hydrazone groups is 1. The zero-order chi connectivity index (χ0) is 15.9. The van der Waals surface area contributed by atoms with Gasteiger partial charge in [-0.1, -0.05) is 19.1 Å². The quantitative estimate of drug-likeness (QED) is 0.520. The summed E-state index contributed by atoms with van der Waals surface area (Å²) in [7, 11) is 0. The highest BCUT2D eigenvalue weighted by Gasteiger charge is 2.12. The van der Waals surface area contributed by atoms with Gasteiger partial charge >= 0.3 is 0 Å². The first-order valence-electron chi connectivity index (χ1n) is 6.62. The average Bonchev–Trinajstić information content (AvgIpc) is 2.55. The molecule has 0 radical (unpaired) electrons. The molecule has 0 atom stereocenters. The van der Waals surface area contributed by atoms with Gasteiger partial charge in [0.25, 0.3) is 11.6 Å². The molecule has 1 aromatic heterocycles. The van der Waals surface area contributed by atoms with Crippen molar-refractivity contribution < 1.29 is 9.72 Å². The van der Waals surface area contributed by atoms with Gasteiger partial charge in [-0.2, -0.15) is 5.10 Å². The normalized spacial score (nSPS) is 10.6. The minimum atomic E-state index is -0.426. The van der Waals surface area contributed by atoms with E-state index in [0.29, 0.717) is 23.1 Å². The Kier molecular flexibility index (Phi) is 4.92. The Labute approximate surface area is 126 Å². The third-order valence-corrected chi connectivity index (χ3v) is 2.99. The van der Waals surface area contributed by atoms with Crippen molar-refractivity contribution >= 4 is 17.8 Å². The van der Waals surface area contributed by atoms with E-state index < -0.39 is 10.8 Å². The first kappa shape index (κ1) is 15.3. The van der Waals surface area contributed by atoms with Gasteiger partial charge in [0, 0.05) is 29.6 Å². The number of aromatic nitrogens is 1. The predicted octanol–water partition coefficient (Wildman–Crippen LogP) is 2.32. The van der Waals surface area contributed by atoms with Crippen LogP contribution in [-0.4, -0.2) is 22.0 Å². The lowest BCUT2D eigenvalue weighted by molar-refractivity contribution is -0.385. The van der Waals surface area contributed by atoms with Gasteiger partial charge in [0.2, 0.25) is 0 Å². The van der Waals surface area contributed by atoms with E-state index in [-0.39, 0.29) is 5.69 Å². The molecule has 0 saturated heterocycles. The van der Waals surface area contributed by atoms with Gasteiger partial charge in [0.05, 0.1) is 16.7 Å². The Hall–Kier alpha value is -3.09. The zero-order valence-corrected chi connectivity index (χ0v) is 11.9. The number of nitrogens with one attached hydrogen (secondary N) is 1. The number of amides is 1. The summed E-state index contributed by atoms with van der Waals surface area (Å²) in [5, 5.41) is 14.8. The number of aryl methyl sites for hydroxylation is 1. The average molecular weight is 298 g/mol. The number of hydrogen-bond donors (Lipinski definition) is 1. The second-order valence-corrected chi connectivity index (χ2v) is 4.44. The summed E-state index contributed by atoms with van der Waals surface area (Å²) < 4.78 is 0. The first-order valence-corrected chi connectivity index (χ1v) is 6.62. The molecule has 0 saturated carbocycles. The van der Waals surface area contributed by atoms with Crippen molar-refractivity contribution in [2.45, 2.75) is 13.3 Å². The van der Waals surface area contributed by atoms with Crippen LogP contribution in [-0.2, 0) is 6.42 Å². The van der Waals surface area contributed by atoms with Gasteiger partial charge in [0.1, 0.15) is 0 Å². The smallest absolute Gasteiger partial charge is 0.267 e. The van der Waals surface area contributed by atoms with Crippen molar-refractivity contribution in [2.24, 2.45) is 5.10 Å². The second kappa shape index (κ2) is 7.07. The minimum Gasteiger partial charge on any atom is -0.267 e. The maximum atomic E-state index is 11.7. The monoisotopic (exact) mass is 298 g/mol. The van der Waals surface area contributed by atoms with Crippen molar-refractivity contribution in [1.29, 1.82) is 0 Å². The third-order valence-electron chi connectivity index (χ3n) is 2.99. The van der Waals surface area contributed by atoms with Crippen molar-refractivity contribution in [3.05, 3.63) is 69.5 Å². The lowest BCUT2D eigenvalue weighted by Gasteiger charge is -2.01. The van der Waals surface area contributed by atoms with Crippen LogP contribution >= 0.6 is 0 Å². The summed E-state index contributed by atoms with van der Waals surface area (Å²) in [6.07, 6.45) is 4.92. The standard InChI is InChI=1S/C15H14N4O3/c1-2-12-6-5-11(8-14(12)19(21)22)9-17-18-15(20)13-4-3-7-16-10-13/h3-10H,2H2,1H3,(H,18,20)/b17-9-. The number of carbonyl (C=O) groups is 1. The number of nitro benzene ring substituents is 1. The molecular weight excluding hydrogens is 284 g/mol. The summed E-state index contributed by atoms with van der Waals surface area (Å²) in [4.78, 5) is 26.1. The number of nitro groups is 1. The Bertz CT molecular complexity index is 714. The van der Waals surface area contributed by atoms with E-state index in [9.17, 15) is 14.9 Å². The van der Waals surface area contributed by atoms with E-state index >= 15 is 0 Å². The fraction of sp³-hybridized carbons (Fsp3) is 0.133. The molecule has 0 aliphatic carbocycles. The molecule has 1 N–H and O–H groups in total. The van der Waals surface area contributed by atoms with E-state index in [2.05, 4.69) is 15.5 Å². The van der Waals surface area contributed by atoms with Crippen molar-refractivity contribution in [3.63, 3.8) is 0 Å². The van der Waals surface area contributed by atoms with E-state index in [0.717, 1.165) is 0 Å². The van der Waals surface area contributed by atoms with Crippen LogP contribution in [0.4, 0.5) is 5.69 Å². The number of pyridine rings is 1. The van der Waals surface area contributed by atoms with Gasteiger partial charge < -0.3 is 0 Å². The van der Waals surface area contributed by atoms with Crippen LogP contribution in [0.2, 0.25) is 0 Å². The van der Waals surface area contributed by atoms with Gasteiger partial charge in [-0.3, -0.25) is 19.9 Å². The maximum Gasteiger partial charge on any atom is 0.273 e. The van der Waals surface area contributed by atoms with E-state index in [1.54, 1.807) is 30.5 Å². The lowest BCUT2D eigenvalue weighted by atomic mass is 10.1. The van der Waals surface area contributed by atoms with Crippen LogP contribution in [0.3, 0.4) is 0 Å². The second-order valence-electron chi connectivity index (χ2n) is 4.44. The molecular formula is C15H14N4O3. The Balaban J connectivity index is 2.09. The molecule has 1 amide bonds. The highest BCUT2D eigenvalue weighted by Crippen LogP contribution is 2.19. The SMILES string of the molecule is CCc1ccc(/C=N\NC(=O)c2cccnc2)cc1[N+](=O)[O-]. The number of hydrogen-bond acceptors (Lipinski definition) is 5. The van der Waals surface area contributed by atoms with E-state index in [1.165, 1.54) is 18.5 Å². The van der Waals surface area contributed by atoms with Crippen LogP contribution in [0.15, 0.2) is 47.8 Å². The molecule has 7 nitrogen and oxygen atoms in total. The minimum absolute atomic E-state index is 0.0463. The topological polar surface area (TPSA) is 97.5 Å². The van der Waals surface area contributed by atoms with Crippen LogP contribution in [0.5, 0.6) is 0 Å². The third kappa shape index (κ3) is 3.72. The molecule has 0 spiro atoms. The fourth-order valence-electron chi connectivity index (χ4n) is 1.86. The number of rotatable bonds is 5. The molecule has 2 aromatic rings. The van der Waals surface area contributed by atoms with Gasteiger partial charge in [0.15, 0.2) is 0 Å². The van der Waals surface area contributed by atoms with Gasteiger partial charge in [-0.25, -0.2) is 5.43 Å². The molecule has 0 aliphatic rings. The number of benzene rings is 1. The molecule has 0 bridgehead atoms. The van der Waals surface area contributed by atoms with Crippen LogP contribution in [0, 0.1) is 10.1 Å². The maximum absolute atomic E-state index is 11.7. The van der Waals surface area contributed by atoms with E-state index in [1.807, 2.05) is 6.92 Å². The molecule has 7 heteroatoms. The van der Waals surface area contributed by atoms with Gasteiger partial charge in [-0.15, -0.1) is 0 Å². The highest BCUT2D eigenvalue weighted by atomic mass is 16.6. The van der Waals surface area contributed by atoms with Crippen LogP contribution < -0.4 is 5.43 Å². The summed E-state index contributed by atoms with van der Waals surface area (Å²) in [5.74, 6) is -0.399. The Morgan fingerprint density at radius 2 is 2.27 bits per heavy atom. The molecule has 0 aliphatic heterocycles. The molecule has 0 unspecified atom stereocenters. The first-order chi connectivity index (χ1) is 10.6. The highest BCUT2D eigenvalue weighted by molar-refractivity contribution is 5.94. The molecule has 2 rings (SSSR count). The summed E-state index contributed by atoms with van der Waals surface area (Å²) in [6, 6.07) is 8.08. The zero-order valence-electron chi connectivity index (χ0n) is 11.9. The predicted molar refractivity (Wildman–Crippen MR) is 81.8 cm³/mol. The molecule has 1 heterocycles.